The van der Waals surface area contributed by atoms with Crippen LogP contribution in [0.25, 0.3) is 0 Å². The van der Waals surface area contributed by atoms with Crippen LogP contribution in [0.15, 0.2) is 24.3 Å². The number of alkyl halides is 13. The molecular weight excluding hydrogens is 499 g/mol. The molecule has 0 aliphatic rings. The Bertz CT molecular complexity index is 875. The average molecular weight is 512 g/mol. The minimum Gasteiger partial charge on any atom is -0.426 e. The fourth-order valence-corrected chi connectivity index (χ4v) is 2.60. The van der Waals surface area contributed by atoms with Crippen molar-refractivity contribution in [2.45, 2.75) is 61.7 Å². The van der Waals surface area contributed by atoms with Gasteiger partial charge in [0.05, 0.1) is 12.0 Å². The Morgan fingerprint density at radius 3 is 1.64 bits per heavy atom. The number of aliphatic hydroxyl groups is 1. The zero-order chi connectivity index (χ0) is 26.5. The molecule has 1 rings (SSSR count). The van der Waals surface area contributed by atoms with Gasteiger partial charge in [0.25, 0.3) is 0 Å². The van der Waals surface area contributed by atoms with E-state index in [1.54, 1.807) is 0 Å². The summed E-state index contributed by atoms with van der Waals surface area (Å²) in [5.74, 6) is -39.8. The summed E-state index contributed by atoms with van der Waals surface area (Å²) >= 11 is 0. The summed E-state index contributed by atoms with van der Waals surface area (Å²) in [6.07, 6.45) is -10.4. The summed E-state index contributed by atoms with van der Waals surface area (Å²) in [5.41, 5.74) is -4.30. The molecule has 3 nitrogen and oxygen atoms in total. The van der Waals surface area contributed by atoms with E-state index in [9.17, 15) is 67.0 Å². The maximum absolute atomic E-state index is 14.1. The first-order valence-electron chi connectivity index (χ1n) is 8.33. The Morgan fingerprint density at radius 1 is 0.788 bits per heavy atom. The molecule has 1 unspecified atom stereocenters. The van der Waals surface area contributed by atoms with Gasteiger partial charge in [0, 0.05) is 12.5 Å². The topological polar surface area (TPSA) is 46.5 Å². The normalized spacial score (nSPS) is 16.4. The second-order valence-electron chi connectivity index (χ2n) is 7.04. The van der Waals surface area contributed by atoms with Gasteiger partial charge < -0.3 is 9.84 Å². The molecule has 0 aromatic heterocycles. The van der Waals surface area contributed by atoms with Crippen LogP contribution in [0.4, 0.5) is 57.1 Å². The van der Waals surface area contributed by atoms with Gasteiger partial charge in [-0.15, -0.1) is 0 Å². The summed E-state index contributed by atoms with van der Waals surface area (Å²) in [4.78, 5) is 11.0. The molecule has 190 valence electrons. The van der Waals surface area contributed by atoms with Crippen molar-refractivity contribution in [1.29, 1.82) is 0 Å². The molecule has 0 aliphatic carbocycles. The number of halogens is 13. The van der Waals surface area contributed by atoms with Crippen molar-refractivity contribution < 1.29 is 71.7 Å². The largest absolute Gasteiger partial charge is 0.460 e. The first-order chi connectivity index (χ1) is 14.4. The third kappa shape index (κ3) is 4.71. The second-order valence-corrected chi connectivity index (χ2v) is 7.04. The predicted molar refractivity (Wildman–Crippen MR) is 82.7 cm³/mol. The highest BCUT2D eigenvalue weighted by Crippen LogP contribution is 2.61. The Labute approximate surface area is 176 Å². The van der Waals surface area contributed by atoms with Crippen LogP contribution >= 0.6 is 0 Å². The highest BCUT2D eigenvalue weighted by Gasteiger charge is 2.90. The number of benzene rings is 1. The van der Waals surface area contributed by atoms with Crippen LogP contribution in [0.3, 0.4) is 0 Å². The minimum atomic E-state index is -8.04. The summed E-state index contributed by atoms with van der Waals surface area (Å²) in [6, 6.07) is 3.55. The molecule has 33 heavy (non-hydrogen) atoms. The standard InChI is InChI=1S/C17H13F13O3/c1-8(31)33-10-6-4-3-5-9(10)11(2,32)7-12(18,19)13(20,21)14(22,23)15(24,25)16(26,27)17(28,29)30/h3-6,32H,7H2,1-2H3. The number of carbonyl (C=O) groups is 1. The SMILES string of the molecule is CC(=O)Oc1ccccc1C(C)(O)CC(F)(F)C(F)(F)C(F)(F)C(F)(F)C(F)(F)C(F)(F)F. The first kappa shape index (κ1) is 28.8. The van der Waals surface area contributed by atoms with E-state index < -0.39 is 65.1 Å². The van der Waals surface area contributed by atoms with Crippen LogP contribution in [0.2, 0.25) is 0 Å². The van der Waals surface area contributed by atoms with E-state index in [2.05, 4.69) is 4.74 Å². The minimum absolute atomic E-state index is 0.264. The van der Waals surface area contributed by atoms with Crippen molar-refractivity contribution in [3.63, 3.8) is 0 Å². The van der Waals surface area contributed by atoms with Gasteiger partial charge in [0.2, 0.25) is 0 Å². The van der Waals surface area contributed by atoms with Crippen LogP contribution in [-0.2, 0) is 10.4 Å². The molecule has 0 saturated heterocycles. The van der Waals surface area contributed by atoms with Crippen molar-refractivity contribution in [3.05, 3.63) is 29.8 Å². The van der Waals surface area contributed by atoms with Crippen LogP contribution in [-0.4, -0.2) is 46.9 Å². The average Bonchev–Trinajstić information content (AvgIpc) is 2.59. The molecule has 0 spiro atoms. The fourth-order valence-electron chi connectivity index (χ4n) is 2.60. The maximum atomic E-state index is 14.1. The number of hydrogen-bond donors (Lipinski definition) is 1. The van der Waals surface area contributed by atoms with E-state index in [-0.39, 0.29) is 6.92 Å². The van der Waals surface area contributed by atoms with E-state index in [4.69, 9.17) is 0 Å². The van der Waals surface area contributed by atoms with Gasteiger partial charge in [0.1, 0.15) is 5.75 Å². The van der Waals surface area contributed by atoms with Crippen LogP contribution in [0, 0.1) is 0 Å². The van der Waals surface area contributed by atoms with E-state index in [0.717, 1.165) is 25.1 Å². The molecule has 0 aliphatic heterocycles. The second kappa shape index (κ2) is 8.20. The van der Waals surface area contributed by atoms with Gasteiger partial charge in [0.15, 0.2) is 0 Å². The molecule has 0 saturated carbocycles. The van der Waals surface area contributed by atoms with Gasteiger partial charge in [-0.25, -0.2) is 0 Å². The van der Waals surface area contributed by atoms with E-state index in [1.165, 1.54) is 0 Å². The van der Waals surface area contributed by atoms with Crippen molar-refractivity contribution >= 4 is 5.97 Å². The lowest BCUT2D eigenvalue weighted by atomic mass is 9.84. The monoisotopic (exact) mass is 512 g/mol. The number of ether oxygens (including phenoxy) is 1. The van der Waals surface area contributed by atoms with Gasteiger partial charge in [-0.05, 0) is 13.0 Å². The van der Waals surface area contributed by atoms with Crippen molar-refractivity contribution in [1.82, 2.24) is 0 Å². The summed E-state index contributed by atoms with van der Waals surface area (Å²) < 4.78 is 176. The predicted octanol–water partition coefficient (Wildman–Crippen LogP) is 5.95. The molecule has 1 aromatic rings. The fraction of sp³-hybridized carbons (Fsp3) is 0.588. The molecular formula is C17H13F13O3. The summed E-state index contributed by atoms with van der Waals surface area (Å²) in [6.45, 7) is 1.04. The molecule has 1 N–H and O–H groups in total. The van der Waals surface area contributed by atoms with Gasteiger partial charge >= 0.3 is 41.8 Å². The van der Waals surface area contributed by atoms with Crippen molar-refractivity contribution in [2.75, 3.05) is 0 Å². The molecule has 0 radical (unpaired) electrons. The number of para-hydroxylation sites is 1. The Morgan fingerprint density at radius 2 is 1.21 bits per heavy atom. The quantitative estimate of drug-likeness (QED) is 0.266. The lowest BCUT2D eigenvalue weighted by Gasteiger charge is -2.41. The van der Waals surface area contributed by atoms with E-state index in [1.807, 2.05) is 0 Å². The zero-order valence-electron chi connectivity index (χ0n) is 16.2. The number of hydrogen-bond acceptors (Lipinski definition) is 3. The van der Waals surface area contributed by atoms with Crippen LogP contribution in [0.5, 0.6) is 5.75 Å². The number of rotatable bonds is 8. The van der Waals surface area contributed by atoms with Gasteiger partial charge in [-0.2, -0.15) is 57.1 Å². The van der Waals surface area contributed by atoms with Gasteiger partial charge in [-0.3, -0.25) is 4.79 Å². The van der Waals surface area contributed by atoms with Crippen molar-refractivity contribution in [3.8, 4) is 5.75 Å². The number of carbonyl (C=O) groups excluding carboxylic acids is 1. The Kier molecular flexibility index (Phi) is 7.15. The van der Waals surface area contributed by atoms with Crippen molar-refractivity contribution in [2.24, 2.45) is 0 Å². The molecule has 0 bridgehead atoms. The molecule has 0 amide bonds. The molecule has 1 aromatic carbocycles. The molecule has 0 fully saturated rings. The molecule has 16 heteroatoms. The summed E-state index contributed by atoms with van der Waals surface area (Å²) in [7, 11) is 0. The van der Waals surface area contributed by atoms with Crippen LogP contribution in [0.1, 0.15) is 25.8 Å². The molecule has 1 atom stereocenters. The molecule has 0 heterocycles. The lowest BCUT2D eigenvalue weighted by Crippen LogP contribution is -2.70. The van der Waals surface area contributed by atoms with Gasteiger partial charge in [-0.1, -0.05) is 18.2 Å². The number of esters is 1. The van der Waals surface area contributed by atoms with E-state index in [0.29, 0.717) is 6.07 Å². The lowest BCUT2D eigenvalue weighted by molar-refractivity contribution is -0.441. The Hall–Kier alpha value is -2.26. The smallest absolute Gasteiger partial charge is 0.426 e. The van der Waals surface area contributed by atoms with Crippen LogP contribution < -0.4 is 4.74 Å². The highest BCUT2D eigenvalue weighted by molar-refractivity contribution is 5.70. The summed E-state index contributed by atoms with van der Waals surface area (Å²) in [5, 5.41) is 10.2. The van der Waals surface area contributed by atoms with E-state index >= 15 is 0 Å². The maximum Gasteiger partial charge on any atom is 0.460 e. The highest BCUT2D eigenvalue weighted by atomic mass is 19.4. The third-order valence-electron chi connectivity index (χ3n) is 4.29. The third-order valence-corrected chi connectivity index (χ3v) is 4.29. The zero-order valence-corrected chi connectivity index (χ0v) is 16.2. The Balaban J connectivity index is 3.51. The first-order valence-corrected chi connectivity index (χ1v) is 8.33.